The minimum atomic E-state index is -5.45. The maximum Gasteiger partial charge on any atom is 0.469 e. The van der Waals surface area contributed by atoms with Gasteiger partial charge in [-0.25, -0.2) is 44.8 Å². The zero-order chi connectivity index (χ0) is 60.7. The molecule has 0 spiro atoms. The standard InChI is InChI=1S/C47H46ClF10N8O12PS2/c1-43(2,3)78-41(68)32(20-77-79(70,71)72)61-42(69)66(81(7,75)76)40-35-30(48)11-10-27(37(35)65(63-40)21-45(51,52)53)26-9-8-25(12-13-44(4,5)80(6,73)74)59-36(26)31(16-22-14-23(49)17-24(50)15-22)60-33(67)19-64-39-34(38(62-64)47(56,57)58)28-18-29(28)46(39,54)55/h8-11,14-15,17,28-29,31-32H,16,18-21H2,1-7H3,(H,60,67)(H,61,69)(H2,70,71,72)/t28-,29+,31-,32-/m0/s1. The van der Waals surface area contributed by atoms with Crippen LogP contribution in [0.1, 0.15) is 86.9 Å². The van der Waals surface area contributed by atoms with Gasteiger partial charge in [0.15, 0.2) is 27.4 Å². The van der Waals surface area contributed by atoms with Gasteiger partial charge in [0.25, 0.3) is 5.92 Å². The molecular weight excluding hydrogens is 1190 g/mol. The molecule has 0 bridgehead atoms. The van der Waals surface area contributed by atoms with Crippen LogP contribution in [0.5, 0.6) is 0 Å². The van der Waals surface area contributed by atoms with Crippen molar-refractivity contribution in [2.75, 3.05) is 23.4 Å². The van der Waals surface area contributed by atoms with E-state index in [1.54, 1.807) is 0 Å². The van der Waals surface area contributed by atoms with Gasteiger partial charge in [-0.3, -0.25) is 18.7 Å². The summed E-state index contributed by atoms with van der Waals surface area (Å²) in [6.07, 6.45) is -10.5. The third kappa shape index (κ3) is 13.9. The molecule has 2 aromatic carbocycles. The van der Waals surface area contributed by atoms with Crippen molar-refractivity contribution >= 4 is 73.9 Å². The summed E-state index contributed by atoms with van der Waals surface area (Å²) in [4.78, 5) is 65.0. The summed E-state index contributed by atoms with van der Waals surface area (Å²) < 4.78 is 220. The number of phosphoric acid groups is 1. The van der Waals surface area contributed by atoms with Crippen LogP contribution in [-0.2, 0) is 74.9 Å². The fourth-order valence-electron chi connectivity index (χ4n) is 8.72. The van der Waals surface area contributed by atoms with E-state index < -0.39 is 191 Å². The molecule has 4 N–H and O–H groups in total. The second kappa shape index (κ2) is 21.4. The number of ether oxygens (including phenoxy) is 1. The molecule has 34 heteroatoms. The Hall–Kier alpha value is -6.36. The van der Waals surface area contributed by atoms with Gasteiger partial charge < -0.3 is 25.2 Å². The Kier molecular flexibility index (Phi) is 16.5. The van der Waals surface area contributed by atoms with Gasteiger partial charge >= 0.3 is 32.2 Å². The molecule has 0 radical (unpaired) electrons. The molecule has 4 atom stereocenters. The fraction of sp³-hybridized carbons (Fsp3) is 0.447. The van der Waals surface area contributed by atoms with Gasteiger partial charge in [-0.05, 0) is 95.2 Å². The molecule has 2 aliphatic carbocycles. The largest absolute Gasteiger partial charge is 0.469 e. The normalized spacial score (nSPS) is 17.1. The molecule has 20 nitrogen and oxygen atoms in total. The number of fused-ring (bicyclic) bond motifs is 4. The number of amides is 3. The van der Waals surface area contributed by atoms with Crippen LogP contribution < -0.4 is 14.9 Å². The number of aromatic nitrogens is 5. The lowest BCUT2D eigenvalue weighted by atomic mass is 9.93. The molecule has 81 heavy (non-hydrogen) atoms. The number of nitrogens with zero attached hydrogens (tertiary/aromatic N) is 6. The first-order valence-corrected chi connectivity index (χ1v) is 29.1. The van der Waals surface area contributed by atoms with Gasteiger partial charge in [0.1, 0.15) is 46.5 Å². The Balaban J connectivity index is 1.47. The number of urea groups is 1. The Morgan fingerprint density at radius 3 is 2.10 bits per heavy atom. The van der Waals surface area contributed by atoms with Crippen molar-refractivity contribution in [1.82, 2.24) is 35.2 Å². The predicted octanol–water partition coefficient (Wildman–Crippen LogP) is 7.59. The number of carbonyl (C=O) groups excluding carboxylic acids is 3. The highest BCUT2D eigenvalue weighted by atomic mass is 35.5. The number of anilines is 1. The van der Waals surface area contributed by atoms with Gasteiger partial charge in [0.05, 0.1) is 40.5 Å². The van der Waals surface area contributed by atoms with E-state index in [9.17, 15) is 80.7 Å². The predicted molar refractivity (Wildman–Crippen MR) is 266 cm³/mol. The van der Waals surface area contributed by atoms with Crippen LogP contribution >= 0.6 is 19.4 Å². The number of sulfone groups is 1. The number of carbonyl (C=O) groups is 3. The number of pyridine rings is 1. The summed E-state index contributed by atoms with van der Waals surface area (Å²) in [7, 11) is -14.6. The molecule has 1 saturated carbocycles. The van der Waals surface area contributed by atoms with E-state index in [1.807, 2.05) is 5.32 Å². The molecular formula is C47H46ClF10N8O12PS2. The van der Waals surface area contributed by atoms with Gasteiger partial charge in [-0.1, -0.05) is 23.6 Å². The van der Waals surface area contributed by atoms with Crippen molar-refractivity contribution in [3.63, 3.8) is 0 Å². The Bertz CT molecular complexity index is 3720. The molecule has 7 rings (SSSR count). The number of halogens is 11. The van der Waals surface area contributed by atoms with E-state index in [1.165, 1.54) is 34.6 Å². The number of hydrogen-bond donors (Lipinski definition) is 4. The zero-order valence-corrected chi connectivity index (χ0v) is 46.3. The van der Waals surface area contributed by atoms with E-state index >= 15 is 8.78 Å². The van der Waals surface area contributed by atoms with Crippen LogP contribution in [0.3, 0.4) is 0 Å². The summed E-state index contributed by atoms with van der Waals surface area (Å²) in [5, 5.41) is 9.99. The fourth-order valence-corrected chi connectivity index (χ4v) is 10.3. The topological polar surface area (TPSA) is 271 Å². The molecule has 0 aliphatic heterocycles. The van der Waals surface area contributed by atoms with Crippen molar-refractivity contribution in [2.24, 2.45) is 5.92 Å². The molecule has 3 amide bonds. The van der Waals surface area contributed by atoms with Gasteiger partial charge in [0.2, 0.25) is 15.9 Å². The number of phosphoric ester groups is 1. The molecule has 2 aliphatic rings. The molecule has 440 valence electrons. The molecule has 0 saturated heterocycles. The van der Waals surface area contributed by atoms with E-state index in [2.05, 4.69) is 36.9 Å². The Labute approximate surface area is 458 Å². The number of hydrogen-bond acceptors (Lipinski definition) is 13. The number of sulfonamides is 1. The van der Waals surface area contributed by atoms with Crippen molar-refractivity contribution in [3.05, 3.63) is 93.0 Å². The van der Waals surface area contributed by atoms with Crippen molar-refractivity contribution in [3.8, 4) is 23.0 Å². The van der Waals surface area contributed by atoms with Gasteiger partial charge in [-0.15, -0.1) is 0 Å². The second-order valence-electron chi connectivity index (χ2n) is 20.4. The molecule has 3 aromatic heterocycles. The SMILES string of the molecule is CC(C)(C)OC(=O)[C@H](COP(=O)(O)O)NC(=O)N(c1nn(CC(F)(F)F)c2c(-c3ccc(C#CC(C)(C)S(C)(=O)=O)nc3[C@H](Cc3cc(F)cc(F)c3)NC(=O)Cn3nc(C(F)(F)F)c4c3C(F)(F)[C@@H]3C[C@H]43)ccc(Cl)c12)S(C)(=O)=O. The van der Waals surface area contributed by atoms with Crippen LogP contribution in [0.25, 0.3) is 22.0 Å². The summed E-state index contributed by atoms with van der Waals surface area (Å²) >= 11 is 6.66. The molecule has 3 heterocycles. The second-order valence-corrected chi connectivity index (χ2v) is 26.4. The molecule has 1 fully saturated rings. The van der Waals surface area contributed by atoms with Crippen LogP contribution in [0.4, 0.5) is 54.5 Å². The Morgan fingerprint density at radius 2 is 1.54 bits per heavy atom. The van der Waals surface area contributed by atoms with E-state index in [0.717, 1.165) is 42.7 Å². The molecule has 0 unspecified atom stereocenters. The van der Waals surface area contributed by atoms with Gasteiger partial charge in [0, 0.05) is 34.9 Å². The van der Waals surface area contributed by atoms with Crippen molar-refractivity contribution in [2.45, 2.75) is 107 Å². The minimum Gasteiger partial charge on any atom is -0.458 e. The maximum absolute atomic E-state index is 15.7. The summed E-state index contributed by atoms with van der Waals surface area (Å²) in [5.74, 6) is -8.16. The highest BCUT2D eigenvalue weighted by Crippen LogP contribution is 2.68. The first-order valence-electron chi connectivity index (χ1n) is 23.4. The van der Waals surface area contributed by atoms with E-state index in [4.69, 9.17) is 16.3 Å². The first kappa shape index (κ1) is 62.2. The summed E-state index contributed by atoms with van der Waals surface area (Å²) in [5.41, 5.74) is -8.09. The number of benzene rings is 2. The quantitative estimate of drug-likeness (QED) is 0.0321. The van der Waals surface area contributed by atoms with E-state index in [0.29, 0.717) is 12.3 Å². The number of alkyl halides is 8. The van der Waals surface area contributed by atoms with Crippen molar-refractivity contribution in [1.29, 1.82) is 0 Å². The number of rotatable bonds is 16. The van der Waals surface area contributed by atoms with Crippen LogP contribution in [0, 0.1) is 29.4 Å². The zero-order valence-electron chi connectivity index (χ0n) is 43.0. The minimum absolute atomic E-state index is 0.114. The lowest BCUT2D eigenvalue weighted by molar-refractivity contribution is -0.158. The summed E-state index contributed by atoms with van der Waals surface area (Å²) in [6, 6.07) is -0.0452. The smallest absolute Gasteiger partial charge is 0.458 e. The Morgan fingerprint density at radius 1 is 0.926 bits per heavy atom. The van der Waals surface area contributed by atoms with Crippen molar-refractivity contribution < 1.29 is 98.7 Å². The van der Waals surface area contributed by atoms with Gasteiger partial charge in [-0.2, -0.15) is 49.6 Å². The lowest BCUT2D eigenvalue weighted by Crippen LogP contribution is -2.53. The van der Waals surface area contributed by atoms with E-state index in [-0.39, 0.29) is 31.3 Å². The highest BCUT2D eigenvalue weighted by molar-refractivity contribution is 7.93. The first-order chi connectivity index (χ1) is 36.9. The average molecular weight is 1240 g/mol. The monoisotopic (exact) mass is 1230 g/mol. The van der Waals surface area contributed by atoms with Crippen LogP contribution in [-0.4, -0.2) is 111 Å². The third-order valence-corrected chi connectivity index (χ3v) is 16.2. The number of esters is 1. The summed E-state index contributed by atoms with van der Waals surface area (Å²) in [6.45, 7) is 1.51. The lowest BCUT2D eigenvalue weighted by Gasteiger charge is -2.26. The highest BCUT2D eigenvalue weighted by Gasteiger charge is 2.68. The van der Waals surface area contributed by atoms with Crippen LogP contribution in [0.2, 0.25) is 5.02 Å². The molecule has 5 aromatic rings. The third-order valence-electron chi connectivity index (χ3n) is 12.4. The van der Waals surface area contributed by atoms with Crippen LogP contribution in [0.15, 0.2) is 42.5 Å². The maximum atomic E-state index is 15.7. The number of nitrogens with one attached hydrogen (secondary N) is 2. The average Bonchev–Trinajstić information content (AvgIpc) is 2.12.